The molecule has 0 aliphatic heterocycles. The van der Waals surface area contributed by atoms with Gasteiger partial charge in [0.25, 0.3) is 5.91 Å². The third kappa shape index (κ3) is 2.14. The summed E-state index contributed by atoms with van der Waals surface area (Å²) < 4.78 is 13.4. The van der Waals surface area contributed by atoms with E-state index in [2.05, 4.69) is 15.5 Å². The van der Waals surface area contributed by atoms with Gasteiger partial charge < -0.3 is 5.73 Å². The first-order valence-corrected chi connectivity index (χ1v) is 5.17. The molecule has 82 valence electrons. The van der Waals surface area contributed by atoms with Gasteiger partial charge in [0.2, 0.25) is 5.13 Å². The Kier molecular flexibility index (Phi) is 2.78. The van der Waals surface area contributed by atoms with Crippen molar-refractivity contribution in [1.82, 2.24) is 10.2 Å². The summed E-state index contributed by atoms with van der Waals surface area (Å²) in [6, 6.07) is 3.87. The Bertz CT molecular complexity index is 514. The van der Waals surface area contributed by atoms with Crippen LogP contribution in [0.4, 0.5) is 15.2 Å². The van der Waals surface area contributed by atoms with Gasteiger partial charge in [-0.05, 0) is 18.2 Å². The van der Waals surface area contributed by atoms with Crippen LogP contribution in [0.1, 0.15) is 10.4 Å². The molecule has 7 heteroatoms. The van der Waals surface area contributed by atoms with Crippen molar-refractivity contribution in [3.63, 3.8) is 0 Å². The van der Waals surface area contributed by atoms with E-state index >= 15 is 0 Å². The number of anilines is 2. The molecule has 0 aliphatic carbocycles. The number of benzene rings is 1. The maximum atomic E-state index is 13.4. The smallest absolute Gasteiger partial charge is 0.260 e. The van der Waals surface area contributed by atoms with Crippen molar-refractivity contribution < 1.29 is 9.18 Å². The van der Waals surface area contributed by atoms with Gasteiger partial charge in [-0.3, -0.25) is 10.1 Å². The molecule has 2 aromatic rings. The average Bonchev–Trinajstić information content (AvgIpc) is 2.70. The Morgan fingerprint density at radius 1 is 1.50 bits per heavy atom. The van der Waals surface area contributed by atoms with Crippen molar-refractivity contribution in [2.45, 2.75) is 0 Å². The summed E-state index contributed by atoms with van der Waals surface area (Å²) in [5.41, 5.74) is 7.03. The van der Waals surface area contributed by atoms with E-state index in [1.807, 2.05) is 0 Å². The Morgan fingerprint density at radius 2 is 2.31 bits per heavy atom. The number of aromatic nitrogens is 2. The number of carbonyl (C=O) groups is 1. The first-order chi connectivity index (χ1) is 7.66. The number of hydrogen-bond donors (Lipinski definition) is 2. The molecule has 3 N–H and O–H groups in total. The van der Waals surface area contributed by atoms with Crippen LogP contribution in [0.2, 0.25) is 0 Å². The van der Waals surface area contributed by atoms with Crippen LogP contribution in [0.15, 0.2) is 23.7 Å². The first kappa shape index (κ1) is 10.5. The summed E-state index contributed by atoms with van der Waals surface area (Å²) in [5, 5.41) is 9.91. The summed E-state index contributed by atoms with van der Waals surface area (Å²) in [5.74, 6) is -1.24. The van der Waals surface area contributed by atoms with Crippen LogP contribution in [0.25, 0.3) is 0 Å². The predicted octanol–water partition coefficient (Wildman–Crippen LogP) is 1.51. The van der Waals surface area contributed by atoms with Crippen molar-refractivity contribution in [2.75, 3.05) is 11.1 Å². The Morgan fingerprint density at radius 3 is 2.94 bits per heavy atom. The maximum Gasteiger partial charge on any atom is 0.260 e. The summed E-state index contributed by atoms with van der Waals surface area (Å²) >= 11 is 1.15. The van der Waals surface area contributed by atoms with Gasteiger partial charge in [0.15, 0.2) is 0 Å². The normalized spacial score (nSPS) is 10.1. The fourth-order valence-electron chi connectivity index (χ4n) is 1.11. The second kappa shape index (κ2) is 4.23. The lowest BCUT2D eigenvalue weighted by Crippen LogP contribution is -2.13. The molecule has 1 aromatic heterocycles. The zero-order valence-electron chi connectivity index (χ0n) is 7.98. The van der Waals surface area contributed by atoms with E-state index in [0.29, 0.717) is 5.13 Å². The zero-order valence-corrected chi connectivity index (χ0v) is 8.79. The van der Waals surface area contributed by atoms with Gasteiger partial charge in [-0.25, -0.2) is 4.39 Å². The minimum Gasteiger partial charge on any atom is -0.399 e. The number of halogens is 1. The lowest BCUT2D eigenvalue weighted by atomic mass is 10.2. The van der Waals surface area contributed by atoms with Crippen molar-refractivity contribution in [2.24, 2.45) is 0 Å². The number of nitrogens with zero attached hydrogens (tertiary/aromatic N) is 2. The van der Waals surface area contributed by atoms with E-state index in [9.17, 15) is 9.18 Å². The molecule has 0 spiro atoms. The van der Waals surface area contributed by atoms with Gasteiger partial charge in [0.1, 0.15) is 11.3 Å². The Balaban J connectivity index is 2.21. The fourth-order valence-corrected chi connectivity index (χ4v) is 1.55. The lowest BCUT2D eigenvalue weighted by molar-refractivity contribution is 0.102. The molecule has 16 heavy (non-hydrogen) atoms. The SMILES string of the molecule is Nc1ccc(C(=O)Nc2nncs2)c(F)c1. The standard InChI is InChI=1S/C9H7FN4OS/c10-7-3-5(11)1-2-6(7)8(15)13-9-14-12-4-16-9/h1-4H,11H2,(H,13,14,15). The summed E-state index contributed by atoms with van der Waals surface area (Å²) in [6.07, 6.45) is 0. The number of amides is 1. The molecule has 0 fully saturated rings. The zero-order chi connectivity index (χ0) is 11.5. The Labute approximate surface area is 94.1 Å². The van der Waals surface area contributed by atoms with Gasteiger partial charge in [-0.1, -0.05) is 11.3 Å². The summed E-state index contributed by atoms with van der Waals surface area (Å²) in [7, 11) is 0. The van der Waals surface area contributed by atoms with Gasteiger partial charge in [-0.2, -0.15) is 0 Å². The third-order valence-electron chi connectivity index (χ3n) is 1.82. The molecule has 0 saturated carbocycles. The molecule has 0 saturated heterocycles. The van der Waals surface area contributed by atoms with Crippen LogP contribution < -0.4 is 11.1 Å². The topological polar surface area (TPSA) is 80.9 Å². The number of carbonyl (C=O) groups excluding carboxylic acids is 1. The van der Waals surface area contributed by atoms with E-state index in [4.69, 9.17) is 5.73 Å². The number of hydrogen-bond acceptors (Lipinski definition) is 5. The van der Waals surface area contributed by atoms with Gasteiger partial charge in [-0.15, -0.1) is 10.2 Å². The first-order valence-electron chi connectivity index (χ1n) is 4.29. The highest BCUT2D eigenvalue weighted by atomic mass is 32.1. The monoisotopic (exact) mass is 238 g/mol. The van der Waals surface area contributed by atoms with Crippen molar-refractivity contribution in [3.8, 4) is 0 Å². The highest BCUT2D eigenvalue weighted by Gasteiger charge is 2.12. The molecule has 2 rings (SSSR count). The maximum absolute atomic E-state index is 13.4. The van der Waals surface area contributed by atoms with E-state index in [1.165, 1.54) is 17.6 Å². The fraction of sp³-hybridized carbons (Fsp3) is 0. The van der Waals surface area contributed by atoms with Gasteiger partial charge in [0, 0.05) is 5.69 Å². The number of nitrogen functional groups attached to an aromatic ring is 1. The molecule has 0 unspecified atom stereocenters. The van der Waals surface area contributed by atoms with Crippen LogP contribution >= 0.6 is 11.3 Å². The van der Waals surface area contributed by atoms with E-state index in [-0.39, 0.29) is 11.3 Å². The second-order valence-corrected chi connectivity index (χ2v) is 3.77. The molecule has 1 heterocycles. The number of nitrogens with one attached hydrogen (secondary N) is 1. The van der Waals surface area contributed by atoms with E-state index < -0.39 is 11.7 Å². The largest absolute Gasteiger partial charge is 0.399 e. The van der Waals surface area contributed by atoms with Crippen molar-refractivity contribution >= 4 is 28.1 Å². The van der Waals surface area contributed by atoms with Crippen molar-refractivity contribution in [3.05, 3.63) is 35.1 Å². The molecule has 0 bridgehead atoms. The quantitative estimate of drug-likeness (QED) is 0.777. The van der Waals surface area contributed by atoms with E-state index in [0.717, 1.165) is 17.4 Å². The molecule has 0 aliphatic rings. The Hall–Kier alpha value is -2.02. The predicted molar refractivity (Wildman–Crippen MR) is 58.7 cm³/mol. The van der Waals surface area contributed by atoms with Crippen LogP contribution in [-0.4, -0.2) is 16.1 Å². The lowest BCUT2D eigenvalue weighted by Gasteiger charge is -2.03. The highest BCUT2D eigenvalue weighted by Crippen LogP contribution is 2.15. The minimum absolute atomic E-state index is 0.0793. The van der Waals surface area contributed by atoms with Crippen molar-refractivity contribution in [1.29, 1.82) is 0 Å². The molecule has 1 aromatic carbocycles. The minimum atomic E-state index is -0.665. The molecule has 5 nitrogen and oxygen atoms in total. The molecular formula is C9H7FN4OS. The molecule has 0 atom stereocenters. The van der Waals surface area contributed by atoms with Gasteiger partial charge in [0.05, 0.1) is 5.56 Å². The number of nitrogens with two attached hydrogens (primary N) is 1. The molecule has 1 amide bonds. The average molecular weight is 238 g/mol. The van der Waals surface area contributed by atoms with Gasteiger partial charge >= 0.3 is 0 Å². The summed E-state index contributed by atoms with van der Waals surface area (Å²) in [4.78, 5) is 11.6. The van der Waals surface area contributed by atoms with Crippen LogP contribution in [0.5, 0.6) is 0 Å². The third-order valence-corrected chi connectivity index (χ3v) is 2.42. The molecular weight excluding hydrogens is 231 g/mol. The van der Waals surface area contributed by atoms with E-state index in [1.54, 1.807) is 0 Å². The number of rotatable bonds is 2. The summed E-state index contributed by atoms with van der Waals surface area (Å²) in [6.45, 7) is 0. The van der Waals surface area contributed by atoms with Crippen LogP contribution in [-0.2, 0) is 0 Å². The highest BCUT2D eigenvalue weighted by molar-refractivity contribution is 7.13. The van der Waals surface area contributed by atoms with Crippen LogP contribution in [0.3, 0.4) is 0 Å². The van der Waals surface area contributed by atoms with Crippen LogP contribution in [0, 0.1) is 5.82 Å². The second-order valence-electron chi connectivity index (χ2n) is 2.94. The molecule has 0 radical (unpaired) electrons.